The van der Waals surface area contributed by atoms with E-state index in [1.807, 2.05) is 60.0 Å². The molecule has 0 saturated carbocycles. The first-order valence-corrected chi connectivity index (χ1v) is 11.9. The fourth-order valence-corrected chi connectivity index (χ4v) is 4.17. The van der Waals surface area contributed by atoms with Crippen LogP contribution in [0.4, 0.5) is 5.82 Å². The molecule has 0 aliphatic carbocycles. The second-order valence-corrected chi connectivity index (χ2v) is 8.54. The van der Waals surface area contributed by atoms with Crippen LogP contribution in [0.25, 0.3) is 16.9 Å². The number of esters is 1. The van der Waals surface area contributed by atoms with Gasteiger partial charge in [-0.3, -0.25) is 4.40 Å². The van der Waals surface area contributed by atoms with Gasteiger partial charge in [-0.2, -0.15) is 0 Å². The van der Waals surface area contributed by atoms with Crippen molar-refractivity contribution in [2.45, 2.75) is 13.5 Å². The summed E-state index contributed by atoms with van der Waals surface area (Å²) in [5.74, 6) is 1.50. The lowest BCUT2D eigenvalue weighted by molar-refractivity contribution is 0.0726. The average molecular weight is 494 g/mol. The number of pyridine rings is 1. The highest BCUT2D eigenvalue weighted by molar-refractivity contribution is 5.94. The van der Waals surface area contributed by atoms with E-state index in [9.17, 15) is 4.79 Å². The molecule has 5 aromatic rings. The number of methoxy groups -OCH3 is 2. The van der Waals surface area contributed by atoms with Gasteiger partial charge < -0.3 is 19.5 Å². The number of carbonyl (C=O) groups is 1. The number of imidazole rings is 1. The predicted molar refractivity (Wildman–Crippen MR) is 144 cm³/mol. The molecule has 2 aromatic heterocycles. The number of fused-ring (bicyclic) bond motifs is 1. The van der Waals surface area contributed by atoms with E-state index in [1.165, 1.54) is 7.11 Å². The molecule has 5 rings (SSSR count). The van der Waals surface area contributed by atoms with Crippen LogP contribution in [-0.2, 0) is 6.54 Å². The molecule has 7 nitrogen and oxygen atoms in total. The molecule has 0 aliphatic rings. The van der Waals surface area contributed by atoms with Crippen LogP contribution in [0.2, 0.25) is 0 Å². The minimum absolute atomic E-state index is 0.306. The molecule has 1 N–H and O–H groups in total. The number of nitrogens with one attached hydrogen (secondary N) is 1. The molecule has 0 radical (unpaired) electrons. The van der Waals surface area contributed by atoms with Crippen LogP contribution in [0, 0.1) is 6.92 Å². The summed E-state index contributed by atoms with van der Waals surface area (Å²) in [7, 11) is 3.06. The number of anilines is 1. The fraction of sp³-hybridized carbons (Fsp3) is 0.133. The van der Waals surface area contributed by atoms with E-state index in [4.69, 9.17) is 19.2 Å². The second kappa shape index (κ2) is 10.5. The van der Waals surface area contributed by atoms with Gasteiger partial charge in [0.2, 0.25) is 0 Å². The zero-order chi connectivity index (χ0) is 25.8. The summed E-state index contributed by atoms with van der Waals surface area (Å²) in [5, 5.41) is 3.55. The van der Waals surface area contributed by atoms with Gasteiger partial charge >= 0.3 is 5.97 Å². The Morgan fingerprint density at radius 2 is 1.62 bits per heavy atom. The normalized spacial score (nSPS) is 10.8. The molecule has 186 valence electrons. The van der Waals surface area contributed by atoms with E-state index in [-0.39, 0.29) is 0 Å². The molecule has 0 unspecified atom stereocenters. The quantitative estimate of drug-likeness (QED) is 0.206. The standard InChI is InChI=1S/C30H27N3O4/c1-20-15-16-33-27(17-20)32-28(29(33)31-19-21-9-5-4-6-10-21)22-13-14-25(26(18-22)36-3)37-30(34)23-11-7-8-12-24(23)35-2/h4-18,31H,19H2,1-3H3. The number of carbonyl (C=O) groups excluding carboxylic acids is 1. The molecule has 0 spiro atoms. The van der Waals surface area contributed by atoms with Crippen molar-refractivity contribution >= 4 is 17.4 Å². The van der Waals surface area contributed by atoms with Gasteiger partial charge in [0.1, 0.15) is 28.5 Å². The first kappa shape index (κ1) is 23.9. The smallest absolute Gasteiger partial charge is 0.347 e. The predicted octanol–water partition coefficient (Wildman–Crippen LogP) is 6.16. The van der Waals surface area contributed by atoms with Crippen molar-refractivity contribution in [2.24, 2.45) is 0 Å². The van der Waals surface area contributed by atoms with Gasteiger partial charge in [0.15, 0.2) is 11.5 Å². The molecule has 0 aliphatic heterocycles. The zero-order valence-electron chi connectivity index (χ0n) is 20.9. The van der Waals surface area contributed by atoms with E-state index < -0.39 is 5.97 Å². The van der Waals surface area contributed by atoms with E-state index in [0.717, 1.165) is 33.8 Å². The number of hydrogen-bond acceptors (Lipinski definition) is 6. The van der Waals surface area contributed by atoms with Crippen molar-refractivity contribution in [3.8, 4) is 28.5 Å². The molecule has 37 heavy (non-hydrogen) atoms. The fourth-order valence-electron chi connectivity index (χ4n) is 4.17. The van der Waals surface area contributed by atoms with Gasteiger partial charge in [0, 0.05) is 18.3 Å². The average Bonchev–Trinajstić information content (AvgIpc) is 3.29. The summed E-state index contributed by atoms with van der Waals surface area (Å²) in [4.78, 5) is 17.8. The number of para-hydroxylation sites is 1. The van der Waals surface area contributed by atoms with E-state index in [1.54, 1.807) is 37.4 Å². The van der Waals surface area contributed by atoms with Crippen LogP contribution in [-0.4, -0.2) is 29.6 Å². The highest BCUT2D eigenvalue weighted by Gasteiger charge is 2.19. The van der Waals surface area contributed by atoms with Crippen molar-refractivity contribution in [3.05, 3.63) is 108 Å². The highest BCUT2D eigenvalue weighted by atomic mass is 16.6. The van der Waals surface area contributed by atoms with E-state index in [2.05, 4.69) is 17.4 Å². The topological polar surface area (TPSA) is 74.1 Å². The molecule has 3 aromatic carbocycles. The summed E-state index contributed by atoms with van der Waals surface area (Å²) >= 11 is 0. The maximum atomic E-state index is 12.9. The monoisotopic (exact) mass is 493 g/mol. The van der Waals surface area contributed by atoms with Gasteiger partial charge in [0.05, 0.1) is 14.2 Å². The molecule has 0 atom stereocenters. The van der Waals surface area contributed by atoms with E-state index >= 15 is 0 Å². The Balaban J connectivity index is 1.50. The van der Waals surface area contributed by atoms with Crippen molar-refractivity contribution in [3.63, 3.8) is 0 Å². The van der Waals surface area contributed by atoms with Gasteiger partial charge in [-0.15, -0.1) is 0 Å². The lowest BCUT2D eigenvalue weighted by Gasteiger charge is -2.13. The summed E-state index contributed by atoms with van der Waals surface area (Å²) in [6.07, 6.45) is 2.01. The second-order valence-electron chi connectivity index (χ2n) is 8.54. The Kier molecular flexibility index (Phi) is 6.76. The molecular weight excluding hydrogens is 466 g/mol. The van der Waals surface area contributed by atoms with Crippen molar-refractivity contribution in [1.29, 1.82) is 0 Å². The summed E-state index contributed by atoms with van der Waals surface area (Å²) < 4.78 is 18.6. The highest BCUT2D eigenvalue weighted by Crippen LogP contribution is 2.36. The van der Waals surface area contributed by atoms with Crippen LogP contribution < -0.4 is 19.5 Å². The lowest BCUT2D eigenvalue weighted by Crippen LogP contribution is -2.10. The van der Waals surface area contributed by atoms with Crippen molar-refractivity contribution in [2.75, 3.05) is 19.5 Å². The van der Waals surface area contributed by atoms with Crippen molar-refractivity contribution in [1.82, 2.24) is 9.38 Å². The SMILES string of the molecule is COc1cc(-c2nc3cc(C)ccn3c2NCc2ccccc2)ccc1OC(=O)c1ccccc1OC. The van der Waals surface area contributed by atoms with E-state index in [0.29, 0.717) is 29.4 Å². The number of benzene rings is 3. The van der Waals surface area contributed by atoms with Crippen LogP contribution >= 0.6 is 0 Å². The maximum absolute atomic E-state index is 12.9. The number of rotatable bonds is 8. The maximum Gasteiger partial charge on any atom is 0.347 e. The Bertz CT molecular complexity index is 1560. The van der Waals surface area contributed by atoms with Crippen molar-refractivity contribution < 1.29 is 19.0 Å². The number of nitrogens with zero attached hydrogens (tertiary/aromatic N) is 2. The van der Waals surface area contributed by atoms with Gasteiger partial charge in [-0.25, -0.2) is 9.78 Å². The zero-order valence-corrected chi connectivity index (χ0v) is 20.9. The first-order chi connectivity index (χ1) is 18.1. The molecule has 7 heteroatoms. The summed E-state index contributed by atoms with van der Waals surface area (Å²) in [5.41, 5.74) is 5.03. The van der Waals surface area contributed by atoms with Gasteiger partial charge in [-0.1, -0.05) is 42.5 Å². The third-order valence-electron chi connectivity index (χ3n) is 6.05. The number of aryl methyl sites for hydroxylation is 1. The number of aromatic nitrogens is 2. The third-order valence-corrected chi connectivity index (χ3v) is 6.05. The molecule has 0 bridgehead atoms. The largest absolute Gasteiger partial charge is 0.496 e. The van der Waals surface area contributed by atoms with Crippen LogP contribution in [0.3, 0.4) is 0 Å². The molecular formula is C30H27N3O4. The molecule has 0 amide bonds. The Labute approximate surface area is 215 Å². The van der Waals surface area contributed by atoms with Crippen LogP contribution in [0.15, 0.2) is 91.1 Å². The number of ether oxygens (including phenoxy) is 3. The Hall–Kier alpha value is -4.78. The first-order valence-electron chi connectivity index (χ1n) is 11.9. The molecule has 0 fully saturated rings. The molecule has 0 saturated heterocycles. The third kappa shape index (κ3) is 4.97. The summed E-state index contributed by atoms with van der Waals surface area (Å²) in [6, 6.07) is 26.6. The summed E-state index contributed by atoms with van der Waals surface area (Å²) in [6.45, 7) is 2.68. The Morgan fingerprint density at radius 1 is 0.865 bits per heavy atom. The minimum Gasteiger partial charge on any atom is -0.496 e. The number of hydrogen-bond donors (Lipinski definition) is 1. The van der Waals surface area contributed by atoms with Crippen LogP contribution in [0.5, 0.6) is 17.2 Å². The lowest BCUT2D eigenvalue weighted by atomic mass is 10.1. The Morgan fingerprint density at radius 3 is 2.41 bits per heavy atom. The molecule has 2 heterocycles. The van der Waals surface area contributed by atoms with Crippen LogP contribution in [0.1, 0.15) is 21.5 Å². The minimum atomic E-state index is -0.531. The van der Waals surface area contributed by atoms with Gasteiger partial charge in [-0.05, 0) is 60.5 Å². The van der Waals surface area contributed by atoms with Gasteiger partial charge in [0.25, 0.3) is 0 Å².